The Morgan fingerprint density at radius 1 is 1.40 bits per heavy atom. The zero-order valence-electron chi connectivity index (χ0n) is 10.7. The van der Waals surface area contributed by atoms with Crippen molar-refractivity contribution < 1.29 is 23.2 Å². The monoisotopic (exact) mass is 289 g/mol. The number of hydrogen-bond acceptors (Lipinski definition) is 3. The molecule has 0 heterocycles. The summed E-state index contributed by atoms with van der Waals surface area (Å²) in [7, 11) is 0. The van der Waals surface area contributed by atoms with E-state index in [1.54, 1.807) is 6.92 Å². The van der Waals surface area contributed by atoms with Crippen LogP contribution < -0.4 is 5.73 Å². The van der Waals surface area contributed by atoms with Crippen LogP contribution in [0.4, 0.5) is 13.2 Å². The Bertz CT molecular complexity index is 515. The molecule has 0 saturated carbocycles. The Balaban J connectivity index is 3.14. The summed E-state index contributed by atoms with van der Waals surface area (Å²) in [5.74, 6) is -1.09. The number of likely N-dealkylation sites (N-methyl/N-ethyl adjacent to an activating group) is 1. The van der Waals surface area contributed by atoms with Crippen LogP contribution in [0.5, 0.6) is 0 Å². The van der Waals surface area contributed by atoms with Gasteiger partial charge >= 0.3 is 6.18 Å². The average Bonchev–Trinajstić information content (AvgIpc) is 2.42. The third kappa shape index (κ3) is 3.62. The van der Waals surface area contributed by atoms with E-state index in [0.717, 1.165) is 17.0 Å². The molecular formula is C12H14F3N3O2. The molecule has 0 aliphatic rings. The number of carbonyl (C=O) groups excluding carboxylic acids is 1. The molecule has 5 nitrogen and oxygen atoms in total. The highest BCUT2D eigenvalue weighted by molar-refractivity contribution is 5.98. The van der Waals surface area contributed by atoms with Gasteiger partial charge in [0.15, 0.2) is 5.84 Å². The lowest BCUT2D eigenvalue weighted by Gasteiger charge is -2.22. The Labute approximate surface area is 113 Å². The Kier molecular flexibility index (Phi) is 4.95. The van der Waals surface area contributed by atoms with Gasteiger partial charge in [-0.2, -0.15) is 13.2 Å². The van der Waals surface area contributed by atoms with Crippen LogP contribution in [0.25, 0.3) is 0 Å². The van der Waals surface area contributed by atoms with E-state index in [0.29, 0.717) is 0 Å². The summed E-state index contributed by atoms with van der Waals surface area (Å²) in [6.45, 7) is 1.46. The number of alkyl halides is 3. The molecule has 110 valence electrons. The topological polar surface area (TPSA) is 78.9 Å². The molecule has 8 heteroatoms. The van der Waals surface area contributed by atoms with Crippen LogP contribution in [0, 0.1) is 0 Å². The lowest BCUT2D eigenvalue weighted by molar-refractivity contribution is -0.138. The van der Waals surface area contributed by atoms with Gasteiger partial charge in [-0.1, -0.05) is 17.3 Å². The predicted molar refractivity (Wildman–Crippen MR) is 66.4 cm³/mol. The molecule has 0 spiro atoms. The molecule has 1 aromatic rings. The van der Waals surface area contributed by atoms with Crippen molar-refractivity contribution in [2.75, 3.05) is 13.1 Å². The van der Waals surface area contributed by atoms with Crippen LogP contribution in [0.15, 0.2) is 29.4 Å². The van der Waals surface area contributed by atoms with Crippen molar-refractivity contribution in [2.45, 2.75) is 13.1 Å². The Hall–Kier alpha value is -2.25. The van der Waals surface area contributed by atoms with Crippen LogP contribution >= 0.6 is 0 Å². The van der Waals surface area contributed by atoms with Gasteiger partial charge in [0.25, 0.3) is 5.91 Å². The Morgan fingerprint density at radius 3 is 2.50 bits per heavy atom. The fraction of sp³-hybridized carbons (Fsp3) is 0.333. The molecule has 0 unspecified atom stereocenters. The SMILES string of the molecule is CCN(CC(N)=NO)C(=O)c1ccccc1C(F)(F)F. The van der Waals surface area contributed by atoms with Gasteiger partial charge in [-0.15, -0.1) is 0 Å². The molecule has 3 N–H and O–H groups in total. The highest BCUT2D eigenvalue weighted by Gasteiger charge is 2.35. The molecule has 1 amide bonds. The summed E-state index contributed by atoms with van der Waals surface area (Å²) >= 11 is 0. The van der Waals surface area contributed by atoms with E-state index in [2.05, 4.69) is 5.16 Å². The van der Waals surface area contributed by atoms with Gasteiger partial charge < -0.3 is 15.8 Å². The van der Waals surface area contributed by atoms with Crippen molar-refractivity contribution in [2.24, 2.45) is 10.9 Å². The molecule has 0 aliphatic carbocycles. The molecule has 1 rings (SSSR count). The van der Waals surface area contributed by atoms with Gasteiger partial charge in [-0.3, -0.25) is 4.79 Å². The smallest absolute Gasteiger partial charge is 0.409 e. The second-order valence-corrected chi connectivity index (χ2v) is 3.95. The second kappa shape index (κ2) is 6.27. The maximum absolute atomic E-state index is 12.8. The van der Waals surface area contributed by atoms with Gasteiger partial charge in [0.05, 0.1) is 17.7 Å². The van der Waals surface area contributed by atoms with Crippen molar-refractivity contribution in [1.82, 2.24) is 4.90 Å². The maximum Gasteiger partial charge on any atom is 0.417 e. The average molecular weight is 289 g/mol. The molecule has 0 saturated heterocycles. The lowest BCUT2D eigenvalue weighted by atomic mass is 10.1. The molecule has 0 radical (unpaired) electrons. The molecule has 20 heavy (non-hydrogen) atoms. The zero-order valence-corrected chi connectivity index (χ0v) is 10.7. The number of amidine groups is 1. The number of halogens is 3. The van der Waals surface area contributed by atoms with Gasteiger partial charge in [-0.25, -0.2) is 0 Å². The number of benzene rings is 1. The lowest BCUT2D eigenvalue weighted by Crippen LogP contribution is -2.39. The van der Waals surface area contributed by atoms with Crippen LogP contribution in [-0.2, 0) is 6.18 Å². The highest BCUT2D eigenvalue weighted by Crippen LogP contribution is 2.32. The van der Waals surface area contributed by atoms with Crippen LogP contribution in [-0.4, -0.2) is 34.9 Å². The molecule has 0 aliphatic heterocycles. The van der Waals surface area contributed by atoms with Gasteiger partial charge in [-0.05, 0) is 19.1 Å². The largest absolute Gasteiger partial charge is 0.417 e. The van der Waals surface area contributed by atoms with Crippen LogP contribution in [0.2, 0.25) is 0 Å². The van der Waals surface area contributed by atoms with E-state index in [1.807, 2.05) is 0 Å². The minimum atomic E-state index is -4.62. The molecule has 0 fully saturated rings. The molecule has 0 atom stereocenters. The first-order chi connectivity index (χ1) is 9.31. The third-order valence-electron chi connectivity index (χ3n) is 2.61. The van der Waals surface area contributed by atoms with E-state index in [4.69, 9.17) is 10.9 Å². The normalized spacial score (nSPS) is 12.3. The van der Waals surface area contributed by atoms with E-state index < -0.39 is 23.2 Å². The van der Waals surface area contributed by atoms with Crippen molar-refractivity contribution in [3.63, 3.8) is 0 Å². The predicted octanol–water partition coefficient (Wildman–Crippen LogP) is 1.91. The van der Waals surface area contributed by atoms with Crippen molar-refractivity contribution in [3.05, 3.63) is 35.4 Å². The quantitative estimate of drug-likeness (QED) is 0.384. The summed E-state index contributed by atoms with van der Waals surface area (Å²) in [6, 6.07) is 4.49. The van der Waals surface area contributed by atoms with Crippen LogP contribution in [0.1, 0.15) is 22.8 Å². The van der Waals surface area contributed by atoms with Gasteiger partial charge in [0.1, 0.15) is 0 Å². The first kappa shape index (κ1) is 15.8. The number of rotatable bonds is 4. The summed E-state index contributed by atoms with van der Waals surface area (Å²) in [5.41, 5.74) is 3.80. The van der Waals surface area contributed by atoms with E-state index in [1.165, 1.54) is 12.1 Å². The highest BCUT2D eigenvalue weighted by atomic mass is 19.4. The second-order valence-electron chi connectivity index (χ2n) is 3.95. The molecule has 1 aromatic carbocycles. The summed E-state index contributed by atoms with van der Waals surface area (Å²) in [5, 5.41) is 11.2. The first-order valence-corrected chi connectivity index (χ1v) is 5.73. The van der Waals surface area contributed by atoms with Crippen molar-refractivity contribution in [1.29, 1.82) is 0 Å². The minimum Gasteiger partial charge on any atom is -0.409 e. The minimum absolute atomic E-state index is 0.126. The third-order valence-corrected chi connectivity index (χ3v) is 2.61. The van der Waals surface area contributed by atoms with Crippen molar-refractivity contribution >= 4 is 11.7 Å². The van der Waals surface area contributed by atoms with E-state index in [-0.39, 0.29) is 18.9 Å². The number of carbonyl (C=O) groups is 1. The fourth-order valence-electron chi connectivity index (χ4n) is 1.64. The summed E-state index contributed by atoms with van der Waals surface area (Å²) < 4.78 is 38.5. The number of nitrogens with two attached hydrogens (primary N) is 1. The summed E-state index contributed by atoms with van der Waals surface area (Å²) in [4.78, 5) is 13.2. The number of hydrogen-bond donors (Lipinski definition) is 2. The van der Waals surface area contributed by atoms with E-state index in [9.17, 15) is 18.0 Å². The number of amides is 1. The van der Waals surface area contributed by atoms with Crippen LogP contribution in [0.3, 0.4) is 0 Å². The summed E-state index contributed by atoms with van der Waals surface area (Å²) in [6.07, 6.45) is -4.62. The van der Waals surface area contributed by atoms with Crippen molar-refractivity contribution in [3.8, 4) is 0 Å². The molecular weight excluding hydrogens is 275 g/mol. The van der Waals surface area contributed by atoms with Gasteiger partial charge in [0, 0.05) is 6.54 Å². The number of nitrogens with zero attached hydrogens (tertiary/aromatic N) is 2. The zero-order chi connectivity index (χ0) is 15.3. The Morgan fingerprint density at radius 2 is 2.00 bits per heavy atom. The number of oxime groups is 1. The van der Waals surface area contributed by atoms with Gasteiger partial charge in [0.2, 0.25) is 0 Å². The molecule has 0 bridgehead atoms. The standard InChI is InChI=1S/C12H14F3N3O2/c1-2-18(7-10(16)17-20)11(19)8-5-3-4-6-9(8)12(13,14)15/h3-6,20H,2,7H2,1H3,(H2,16,17). The molecule has 0 aromatic heterocycles. The fourth-order valence-corrected chi connectivity index (χ4v) is 1.64. The maximum atomic E-state index is 12.8. The first-order valence-electron chi connectivity index (χ1n) is 5.73. The van der Waals surface area contributed by atoms with E-state index >= 15 is 0 Å².